The molecule has 1 saturated heterocycles. The van der Waals surface area contributed by atoms with Crippen molar-refractivity contribution >= 4 is 5.91 Å². The number of nitrogens with zero attached hydrogens (tertiary/aromatic N) is 4. The van der Waals surface area contributed by atoms with Crippen LogP contribution in [-0.2, 0) is 17.6 Å². The molecule has 0 aromatic carbocycles. The Bertz CT molecular complexity index is 724. The van der Waals surface area contributed by atoms with Crippen molar-refractivity contribution in [3.05, 3.63) is 29.6 Å². The van der Waals surface area contributed by atoms with E-state index in [4.69, 9.17) is 13.7 Å². The molecule has 142 valence electrons. The number of rotatable bonds is 7. The highest BCUT2D eigenvalue weighted by Crippen LogP contribution is 2.18. The molecule has 1 fully saturated rings. The molecule has 0 bridgehead atoms. The molecule has 1 aliphatic rings. The highest BCUT2D eigenvalue weighted by Gasteiger charge is 2.27. The number of hydrogen-bond acceptors (Lipinski definition) is 7. The van der Waals surface area contributed by atoms with E-state index in [9.17, 15) is 4.79 Å². The Morgan fingerprint density at radius 1 is 1.46 bits per heavy atom. The second kappa shape index (κ2) is 8.44. The third kappa shape index (κ3) is 4.69. The molecule has 2 aromatic rings. The van der Waals surface area contributed by atoms with Gasteiger partial charge >= 0.3 is 0 Å². The molecule has 1 aliphatic heterocycles. The molecule has 1 unspecified atom stereocenters. The van der Waals surface area contributed by atoms with Gasteiger partial charge in [0.1, 0.15) is 0 Å². The molecule has 0 radical (unpaired) electrons. The second-order valence-corrected chi connectivity index (χ2v) is 7.11. The smallest absolute Gasteiger partial charge is 0.291 e. The number of carbonyl (C=O) groups excluding carboxylic acids is 1. The molecule has 8 nitrogen and oxygen atoms in total. The van der Waals surface area contributed by atoms with Crippen molar-refractivity contribution in [3.8, 4) is 0 Å². The van der Waals surface area contributed by atoms with E-state index in [0.717, 1.165) is 19.3 Å². The van der Waals surface area contributed by atoms with Crippen LogP contribution in [0.5, 0.6) is 0 Å². The van der Waals surface area contributed by atoms with E-state index in [0.29, 0.717) is 55.2 Å². The fraction of sp³-hybridized carbons (Fsp3) is 0.667. The Labute approximate surface area is 152 Å². The van der Waals surface area contributed by atoms with Crippen molar-refractivity contribution in [3.63, 3.8) is 0 Å². The van der Waals surface area contributed by atoms with Gasteiger partial charge in [-0.15, -0.1) is 0 Å². The van der Waals surface area contributed by atoms with Crippen molar-refractivity contribution in [1.29, 1.82) is 0 Å². The van der Waals surface area contributed by atoms with Crippen LogP contribution < -0.4 is 0 Å². The van der Waals surface area contributed by atoms with Gasteiger partial charge in [0.05, 0.1) is 18.4 Å². The van der Waals surface area contributed by atoms with E-state index >= 15 is 0 Å². The van der Waals surface area contributed by atoms with Crippen molar-refractivity contribution in [2.75, 3.05) is 19.7 Å². The van der Waals surface area contributed by atoms with Crippen LogP contribution in [0.25, 0.3) is 0 Å². The van der Waals surface area contributed by atoms with E-state index in [2.05, 4.69) is 29.0 Å². The van der Waals surface area contributed by atoms with Gasteiger partial charge in [-0.3, -0.25) is 4.79 Å². The molecule has 2 aromatic heterocycles. The van der Waals surface area contributed by atoms with Gasteiger partial charge in [-0.25, -0.2) is 4.98 Å². The molecule has 8 heteroatoms. The zero-order valence-corrected chi connectivity index (χ0v) is 15.6. The summed E-state index contributed by atoms with van der Waals surface area (Å²) < 4.78 is 16.4. The minimum absolute atomic E-state index is 0.0120. The van der Waals surface area contributed by atoms with Gasteiger partial charge in [0.15, 0.2) is 12.2 Å². The first-order valence-corrected chi connectivity index (χ1v) is 9.15. The van der Waals surface area contributed by atoms with Crippen LogP contribution in [-0.4, -0.2) is 51.7 Å². The Morgan fingerprint density at radius 2 is 2.31 bits per heavy atom. The molecule has 26 heavy (non-hydrogen) atoms. The van der Waals surface area contributed by atoms with Gasteiger partial charge in [0.2, 0.25) is 11.7 Å². The lowest BCUT2D eigenvalue weighted by atomic mass is 10.1. The van der Waals surface area contributed by atoms with Gasteiger partial charge in [0, 0.05) is 25.9 Å². The Hall–Kier alpha value is -2.22. The summed E-state index contributed by atoms with van der Waals surface area (Å²) >= 11 is 0. The minimum Gasteiger partial charge on any atom is -0.438 e. The van der Waals surface area contributed by atoms with Crippen LogP contribution in [0.2, 0.25) is 0 Å². The number of hydrogen-bond donors (Lipinski definition) is 0. The third-order valence-electron chi connectivity index (χ3n) is 4.38. The number of aryl methyl sites for hydroxylation is 1. The zero-order valence-electron chi connectivity index (χ0n) is 15.6. The number of piperidine rings is 1. The summed E-state index contributed by atoms with van der Waals surface area (Å²) in [6, 6.07) is 0. The summed E-state index contributed by atoms with van der Waals surface area (Å²) in [7, 11) is 0. The number of amides is 1. The van der Waals surface area contributed by atoms with E-state index in [1.54, 1.807) is 11.8 Å². The van der Waals surface area contributed by atoms with Crippen molar-refractivity contribution < 1.29 is 18.5 Å². The largest absolute Gasteiger partial charge is 0.438 e. The predicted molar refractivity (Wildman–Crippen MR) is 92.7 cm³/mol. The molecular formula is C18H26N4O4. The van der Waals surface area contributed by atoms with E-state index in [1.807, 2.05) is 0 Å². The standard InChI is InChI=1S/C18H26N4O4/c1-12(2)9-16-20-15(21-26-16)6-8-24-14-5-4-7-22(10-14)18(23)17-13(3)19-11-25-17/h11-12,14H,4-10H2,1-3H3. The monoisotopic (exact) mass is 362 g/mol. The molecule has 1 atom stereocenters. The lowest BCUT2D eigenvalue weighted by Crippen LogP contribution is -2.43. The normalized spacial score (nSPS) is 17.8. The molecular weight excluding hydrogens is 336 g/mol. The van der Waals surface area contributed by atoms with E-state index < -0.39 is 0 Å². The lowest BCUT2D eigenvalue weighted by Gasteiger charge is -2.32. The quantitative estimate of drug-likeness (QED) is 0.746. The van der Waals surface area contributed by atoms with Gasteiger partial charge in [0.25, 0.3) is 5.91 Å². The van der Waals surface area contributed by atoms with Gasteiger partial charge in [-0.05, 0) is 25.7 Å². The Balaban J connectivity index is 1.46. The number of likely N-dealkylation sites (tertiary alicyclic amines) is 1. The first-order valence-electron chi connectivity index (χ1n) is 9.15. The fourth-order valence-electron chi connectivity index (χ4n) is 3.05. The van der Waals surface area contributed by atoms with Crippen LogP contribution in [0.4, 0.5) is 0 Å². The van der Waals surface area contributed by atoms with Crippen LogP contribution in [0, 0.1) is 12.8 Å². The van der Waals surface area contributed by atoms with Gasteiger partial charge < -0.3 is 18.6 Å². The number of oxazole rings is 1. The molecule has 0 spiro atoms. The van der Waals surface area contributed by atoms with Crippen LogP contribution in [0.1, 0.15) is 54.7 Å². The third-order valence-corrected chi connectivity index (χ3v) is 4.38. The Morgan fingerprint density at radius 3 is 3.04 bits per heavy atom. The molecule has 1 amide bonds. The van der Waals surface area contributed by atoms with Crippen LogP contribution in [0.15, 0.2) is 15.3 Å². The van der Waals surface area contributed by atoms with Crippen LogP contribution in [0.3, 0.4) is 0 Å². The SMILES string of the molecule is Cc1ncoc1C(=O)N1CCCC(OCCc2noc(CC(C)C)n2)C1. The summed E-state index contributed by atoms with van der Waals surface area (Å²) in [6.07, 6.45) is 4.55. The van der Waals surface area contributed by atoms with Crippen molar-refractivity contribution in [2.45, 2.75) is 52.6 Å². The highest BCUT2D eigenvalue weighted by atomic mass is 16.5. The van der Waals surface area contributed by atoms with E-state index in [1.165, 1.54) is 6.39 Å². The van der Waals surface area contributed by atoms with Gasteiger partial charge in [-0.2, -0.15) is 4.98 Å². The summed E-state index contributed by atoms with van der Waals surface area (Å²) in [5, 5.41) is 3.99. The zero-order chi connectivity index (χ0) is 18.5. The summed E-state index contributed by atoms with van der Waals surface area (Å²) in [4.78, 5) is 22.7. The summed E-state index contributed by atoms with van der Waals surface area (Å²) in [5.41, 5.74) is 0.618. The lowest BCUT2D eigenvalue weighted by molar-refractivity contribution is 0.00151. The first kappa shape index (κ1) is 18.6. The highest BCUT2D eigenvalue weighted by molar-refractivity contribution is 5.92. The number of aromatic nitrogens is 3. The minimum atomic E-state index is -0.121. The molecule has 0 saturated carbocycles. The number of ether oxygens (including phenoxy) is 1. The molecule has 3 heterocycles. The maximum absolute atomic E-state index is 12.5. The van der Waals surface area contributed by atoms with Crippen molar-refractivity contribution in [2.24, 2.45) is 5.92 Å². The number of carbonyl (C=O) groups is 1. The predicted octanol–water partition coefficient (Wildman–Crippen LogP) is 2.43. The van der Waals surface area contributed by atoms with E-state index in [-0.39, 0.29) is 12.0 Å². The molecule has 3 rings (SSSR count). The topological polar surface area (TPSA) is 94.5 Å². The summed E-state index contributed by atoms with van der Waals surface area (Å²) in [5.74, 6) is 2.02. The molecule has 0 N–H and O–H groups in total. The first-order chi connectivity index (χ1) is 12.5. The average Bonchev–Trinajstić information content (AvgIpc) is 3.23. The average molecular weight is 362 g/mol. The second-order valence-electron chi connectivity index (χ2n) is 7.11. The molecule has 0 aliphatic carbocycles. The maximum Gasteiger partial charge on any atom is 0.291 e. The fourth-order valence-corrected chi connectivity index (χ4v) is 3.05. The van der Waals surface area contributed by atoms with Crippen molar-refractivity contribution in [1.82, 2.24) is 20.0 Å². The van der Waals surface area contributed by atoms with Gasteiger partial charge in [-0.1, -0.05) is 19.0 Å². The van der Waals surface area contributed by atoms with Crippen LogP contribution >= 0.6 is 0 Å². The Kier molecular flexibility index (Phi) is 6.03. The summed E-state index contributed by atoms with van der Waals surface area (Å²) in [6.45, 7) is 7.78. The maximum atomic E-state index is 12.5.